The van der Waals surface area contributed by atoms with E-state index < -0.39 is 0 Å². The Bertz CT molecular complexity index is 685. The maximum absolute atomic E-state index is 4.52. The van der Waals surface area contributed by atoms with Crippen LogP contribution in [0.2, 0.25) is 0 Å². The average molecular weight is 298 g/mol. The van der Waals surface area contributed by atoms with Gasteiger partial charge in [0.15, 0.2) is 0 Å². The van der Waals surface area contributed by atoms with Crippen molar-refractivity contribution in [2.75, 3.05) is 0 Å². The number of hydrogen-bond acceptors (Lipinski definition) is 4. The molecule has 4 nitrogen and oxygen atoms in total. The first-order valence-electron chi connectivity index (χ1n) is 6.96. The molecule has 0 saturated heterocycles. The Hall–Kier alpha value is -1.98. The van der Waals surface area contributed by atoms with Crippen LogP contribution < -0.4 is 5.32 Å². The number of rotatable bonds is 5. The van der Waals surface area contributed by atoms with Crippen molar-refractivity contribution in [1.82, 2.24) is 20.5 Å². The van der Waals surface area contributed by atoms with E-state index in [9.17, 15) is 0 Å². The third-order valence-electron chi connectivity index (χ3n) is 3.46. The van der Waals surface area contributed by atoms with Gasteiger partial charge in [-0.3, -0.25) is 5.10 Å². The summed E-state index contributed by atoms with van der Waals surface area (Å²) in [5.41, 5.74) is 4.57. The summed E-state index contributed by atoms with van der Waals surface area (Å²) in [6.45, 7) is 5.02. The van der Waals surface area contributed by atoms with Crippen molar-refractivity contribution < 1.29 is 0 Å². The SMILES string of the molecule is Cc1nc(C(C)NCc2ccc(-c3ccn[nH]3)cc2)cs1. The molecule has 0 aliphatic rings. The van der Waals surface area contributed by atoms with Gasteiger partial charge in [0.2, 0.25) is 0 Å². The third-order valence-corrected chi connectivity index (χ3v) is 4.25. The number of aromatic amines is 1. The highest BCUT2D eigenvalue weighted by atomic mass is 32.1. The Labute approximate surface area is 128 Å². The molecule has 3 aromatic rings. The highest BCUT2D eigenvalue weighted by Crippen LogP contribution is 2.18. The second kappa shape index (κ2) is 6.20. The zero-order chi connectivity index (χ0) is 14.7. The van der Waals surface area contributed by atoms with Gasteiger partial charge in [-0.1, -0.05) is 24.3 Å². The van der Waals surface area contributed by atoms with E-state index in [2.05, 4.69) is 57.1 Å². The Morgan fingerprint density at radius 2 is 2.05 bits per heavy atom. The van der Waals surface area contributed by atoms with Gasteiger partial charge in [0.05, 0.1) is 16.4 Å². The van der Waals surface area contributed by atoms with Crippen LogP contribution in [0, 0.1) is 6.92 Å². The zero-order valence-corrected chi connectivity index (χ0v) is 12.9. The standard InChI is InChI=1S/C16H18N4S/c1-11(16-10-21-12(2)19-16)17-9-13-3-5-14(6-4-13)15-7-8-18-20-15/h3-8,10-11,17H,9H2,1-2H3,(H,18,20). The molecule has 0 amide bonds. The molecule has 0 aliphatic heterocycles. The van der Waals surface area contributed by atoms with E-state index in [-0.39, 0.29) is 6.04 Å². The lowest BCUT2D eigenvalue weighted by Gasteiger charge is -2.11. The molecule has 108 valence electrons. The quantitative estimate of drug-likeness (QED) is 0.755. The van der Waals surface area contributed by atoms with Crippen LogP contribution in [0.4, 0.5) is 0 Å². The topological polar surface area (TPSA) is 53.6 Å². The molecule has 2 aromatic heterocycles. The van der Waals surface area contributed by atoms with Crippen molar-refractivity contribution >= 4 is 11.3 Å². The molecule has 0 aliphatic carbocycles. The average Bonchev–Trinajstić information content (AvgIpc) is 3.16. The molecule has 1 aromatic carbocycles. The molecule has 0 spiro atoms. The van der Waals surface area contributed by atoms with E-state index >= 15 is 0 Å². The van der Waals surface area contributed by atoms with Crippen LogP contribution in [0.1, 0.15) is 29.2 Å². The number of aryl methyl sites for hydroxylation is 1. The molecule has 21 heavy (non-hydrogen) atoms. The molecular formula is C16H18N4S. The van der Waals surface area contributed by atoms with Gasteiger partial charge in [0.1, 0.15) is 0 Å². The van der Waals surface area contributed by atoms with Crippen molar-refractivity contribution in [3.8, 4) is 11.3 Å². The van der Waals surface area contributed by atoms with Gasteiger partial charge in [-0.15, -0.1) is 11.3 Å². The van der Waals surface area contributed by atoms with Crippen molar-refractivity contribution in [1.29, 1.82) is 0 Å². The van der Waals surface area contributed by atoms with Gasteiger partial charge >= 0.3 is 0 Å². The number of benzene rings is 1. The van der Waals surface area contributed by atoms with Crippen LogP contribution in [0.5, 0.6) is 0 Å². The van der Waals surface area contributed by atoms with Gasteiger partial charge in [-0.2, -0.15) is 5.10 Å². The summed E-state index contributed by atoms with van der Waals surface area (Å²) in [4.78, 5) is 4.52. The molecule has 0 radical (unpaired) electrons. The molecular weight excluding hydrogens is 280 g/mol. The van der Waals surface area contributed by atoms with E-state index in [1.165, 1.54) is 5.56 Å². The van der Waals surface area contributed by atoms with Crippen LogP contribution >= 0.6 is 11.3 Å². The number of nitrogens with zero attached hydrogens (tertiary/aromatic N) is 2. The highest BCUT2D eigenvalue weighted by Gasteiger charge is 2.08. The van der Waals surface area contributed by atoms with Crippen LogP contribution in [-0.4, -0.2) is 15.2 Å². The molecule has 1 unspecified atom stereocenters. The van der Waals surface area contributed by atoms with E-state index in [0.717, 1.165) is 28.5 Å². The van der Waals surface area contributed by atoms with Crippen LogP contribution in [0.3, 0.4) is 0 Å². The lowest BCUT2D eigenvalue weighted by atomic mass is 10.1. The number of hydrogen-bond donors (Lipinski definition) is 2. The molecule has 0 saturated carbocycles. The second-order valence-electron chi connectivity index (χ2n) is 5.06. The normalized spacial score (nSPS) is 12.5. The number of aromatic nitrogens is 3. The smallest absolute Gasteiger partial charge is 0.0898 e. The number of nitrogens with one attached hydrogen (secondary N) is 2. The maximum Gasteiger partial charge on any atom is 0.0898 e. The lowest BCUT2D eigenvalue weighted by Crippen LogP contribution is -2.18. The molecule has 0 fully saturated rings. The minimum Gasteiger partial charge on any atom is -0.305 e. The van der Waals surface area contributed by atoms with Crippen molar-refractivity contribution in [3.63, 3.8) is 0 Å². The summed E-state index contributed by atoms with van der Waals surface area (Å²) < 4.78 is 0. The van der Waals surface area contributed by atoms with Gasteiger partial charge in [-0.25, -0.2) is 4.98 Å². The highest BCUT2D eigenvalue weighted by molar-refractivity contribution is 7.09. The van der Waals surface area contributed by atoms with Gasteiger partial charge in [0.25, 0.3) is 0 Å². The zero-order valence-electron chi connectivity index (χ0n) is 12.1. The molecule has 3 rings (SSSR count). The Morgan fingerprint density at radius 3 is 2.67 bits per heavy atom. The predicted octanol–water partition coefficient (Wildman–Crippen LogP) is 3.69. The van der Waals surface area contributed by atoms with E-state index in [0.29, 0.717) is 0 Å². The van der Waals surface area contributed by atoms with Crippen LogP contribution in [-0.2, 0) is 6.54 Å². The van der Waals surface area contributed by atoms with E-state index in [1.807, 2.05) is 13.0 Å². The summed E-state index contributed by atoms with van der Waals surface area (Å²) in [6, 6.07) is 10.7. The first kappa shape index (κ1) is 14.0. The van der Waals surface area contributed by atoms with Gasteiger partial charge < -0.3 is 5.32 Å². The summed E-state index contributed by atoms with van der Waals surface area (Å²) in [6.07, 6.45) is 1.77. The van der Waals surface area contributed by atoms with Crippen LogP contribution in [0.25, 0.3) is 11.3 Å². The number of H-pyrrole nitrogens is 1. The van der Waals surface area contributed by atoms with Gasteiger partial charge in [-0.05, 0) is 31.0 Å². The molecule has 2 N–H and O–H groups in total. The molecule has 0 bridgehead atoms. The fourth-order valence-corrected chi connectivity index (χ4v) is 2.88. The van der Waals surface area contributed by atoms with Gasteiger partial charge in [0, 0.05) is 24.2 Å². The minimum atomic E-state index is 0.266. The number of thiazole rings is 1. The Balaban J connectivity index is 1.61. The minimum absolute atomic E-state index is 0.266. The summed E-state index contributed by atoms with van der Waals surface area (Å²) >= 11 is 1.69. The fraction of sp³-hybridized carbons (Fsp3) is 0.250. The molecule has 5 heteroatoms. The third kappa shape index (κ3) is 3.37. The van der Waals surface area contributed by atoms with Crippen molar-refractivity contribution in [2.45, 2.75) is 26.4 Å². The maximum atomic E-state index is 4.52. The Morgan fingerprint density at radius 1 is 1.24 bits per heavy atom. The summed E-state index contributed by atoms with van der Waals surface area (Å²) in [7, 11) is 0. The van der Waals surface area contributed by atoms with E-state index in [1.54, 1.807) is 17.5 Å². The Kier molecular flexibility index (Phi) is 4.13. The largest absolute Gasteiger partial charge is 0.305 e. The van der Waals surface area contributed by atoms with Crippen LogP contribution in [0.15, 0.2) is 41.9 Å². The molecule has 2 heterocycles. The van der Waals surface area contributed by atoms with E-state index in [4.69, 9.17) is 0 Å². The van der Waals surface area contributed by atoms with Crippen molar-refractivity contribution in [2.24, 2.45) is 0 Å². The monoisotopic (exact) mass is 298 g/mol. The summed E-state index contributed by atoms with van der Waals surface area (Å²) in [5.74, 6) is 0. The molecule has 1 atom stereocenters. The predicted molar refractivity (Wildman–Crippen MR) is 86.1 cm³/mol. The first-order valence-corrected chi connectivity index (χ1v) is 7.84. The lowest BCUT2D eigenvalue weighted by molar-refractivity contribution is 0.563. The van der Waals surface area contributed by atoms with Crippen molar-refractivity contribution in [3.05, 3.63) is 58.2 Å². The first-order chi connectivity index (χ1) is 10.2. The second-order valence-corrected chi connectivity index (χ2v) is 6.12. The summed E-state index contributed by atoms with van der Waals surface area (Å²) in [5, 5.41) is 13.7. The fourth-order valence-electron chi connectivity index (χ4n) is 2.17.